The van der Waals surface area contributed by atoms with Gasteiger partial charge in [-0.05, 0) is 69.2 Å². The SMILES string of the molecule is COc1cc2nc(O[C@@H]3C[C@H]4C(=O)N[C@]5(C(=O)NS(=O)(=O)C6CC6)C[C@H]5/C=C\CCCCC[C@H](NC(=O)OC5CCC5)C(=O)N4C3)c(-c3cccs3)nc2cc1OC. The number of allylic oxidation sites excluding steroid dienone is 1. The summed E-state index contributed by atoms with van der Waals surface area (Å²) in [5, 5.41) is 6.95. The number of nitrogens with zero attached hydrogens (tertiary/aromatic N) is 3. The fraction of sp³-hybridized carbons (Fsp3) is 0.550. The summed E-state index contributed by atoms with van der Waals surface area (Å²) >= 11 is 1.44. The smallest absolute Gasteiger partial charge is 0.408 e. The summed E-state index contributed by atoms with van der Waals surface area (Å²) in [5.74, 6) is -1.28. The molecular formula is C40H48N6O10S2. The molecule has 1 aromatic carbocycles. The van der Waals surface area contributed by atoms with E-state index in [1.807, 2.05) is 29.7 Å². The Hall–Kier alpha value is -4.97. The van der Waals surface area contributed by atoms with Crippen LogP contribution in [0.4, 0.5) is 4.79 Å². The van der Waals surface area contributed by atoms with Crippen molar-refractivity contribution in [2.45, 2.75) is 112 Å². The number of nitrogens with one attached hydrogen (secondary N) is 3. The van der Waals surface area contributed by atoms with Gasteiger partial charge in [-0.3, -0.25) is 19.1 Å². The van der Waals surface area contributed by atoms with Crippen LogP contribution >= 0.6 is 11.3 Å². The molecule has 2 aromatic heterocycles. The van der Waals surface area contributed by atoms with E-state index in [1.54, 1.807) is 12.1 Å². The molecule has 5 atom stereocenters. The minimum absolute atomic E-state index is 0.00488. The fourth-order valence-electron chi connectivity index (χ4n) is 7.84. The maximum atomic E-state index is 14.6. The van der Waals surface area contributed by atoms with Gasteiger partial charge in [-0.2, -0.15) is 0 Å². The molecule has 4 fully saturated rings. The first-order valence-corrected chi connectivity index (χ1v) is 22.4. The highest BCUT2D eigenvalue weighted by atomic mass is 32.2. The number of carbonyl (C=O) groups is 4. The van der Waals surface area contributed by atoms with Gasteiger partial charge in [-0.1, -0.05) is 31.1 Å². The molecule has 310 valence electrons. The monoisotopic (exact) mass is 836 g/mol. The van der Waals surface area contributed by atoms with Crippen LogP contribution in [0.2, 0.25) is 0 Å². The third-order valence-corrected chi connectivity index (χ3v) is 14.3. The van der Waals surface area contributed by atoms with Crippen LogP contribution in [0.15, 0.2) is 41.8 Å². The Morgan fingerprint density at radius 2 is 1.72 bits per heavy atom. The Balaban J connectivity index is 1.12. The highest BCUT2D eigenvalue weighted by Gasteiger charge is 2.62. The number of rotatable bonds is 10. The van der Waals surface area contributed by atoms with Crippen molar-refractivity contribution in [1.82, 2.24) is 30.2 Å². The van der Waals surface area contributed by atoms with Crippen molar-refractivity contribution in [3.05, 3.63) is 41.8 Å². The van der Waals surface area contributed by atoms with Gasteiger partial charge in [0.15, 0.2) is 11.5 Å². The van der Waals surface area contributed by atoms with Gasteiger partial charge in [0.1, 0.15) is 35.5 Å². The fourth-order valence-corrected chi connectivity index (χ4v) is 9.91. The first kappa shape index (κ1) is 39.8. The molecule has 0 spiro atoms. The van der Waals surface area contributed by atoms with Gasteiger partial charge in [0.25, 0.3) is 5.91 Å². The second kappa shape index (κ2) is 16.4. The van der Waals surface area contributed by atoms with Gasteiger partial charge in [0.05, 0.1) is 41.9 Å². The van der Waals surface area contributed by atoms with Crippen molar-refractivity contribution in [2.75, 3.05) is 20.8 Å². The third-order valence-electron chi connectivity index (χ3n) is 11.6. The van der Waals surface area contributed by atoms with Crippen LogP contribution in [0.1, 0.15) is 77.0 Å². The maximum Gasteiger partial charge on any atom is 0.408 e. The van der Waals surface area contributed by atoms with Crippen molar-refractivity contribution >= 4 is 56.2 Å². The average molecular weight is 837 g/mol. The van der Waals surface area contributed by atoms with Crippen molar-refractivity contribution in [3.8, 4) is 28.0 Å². The van der Waals surface area contributed by atoms with E-state index in [0.29, 0.717) is 60.3 Å². The molecule has 1 saturated heterocycles. The largest absolute Gasteiger partial charge is 0.493 e. The van der Waals surface area contributed by atoms with E-state index < -0.39 is 68.7 Å². The molecule has 2 aliphatic heterocycles. The summed E-state index contributed by atoms with van der Waals surface area (Å²) in [4.78, 5) is 68.0. The number of alkyl carbamates (subject to hydrolysis) is 1. The van der Waals surface area contributed by atoms with E-state index >= 15 is 0 Å². The number of thiophene rings is 1. The van der Waals surface area contributed by atoms with Crippen LogP contribution < -0.4 is 29.6 Å². The number of hydrogen-bond acceptors (Lipinski definition) is 13. The second-order valence-corrected chi connectivity index (χ2v) is 18.6. The van der Waals surface area contributed by atoms with Crippen molar-refractivity contribution in [3.63, 3.8) is 0 Å². The second-order valence-electron chi connectivity index (χ2n) is 15.7. The molecule has 0 unspecified atom stereocenters. The number of hydrogen-bond donors (Lipinski definition) is 3. The van der Waals surface area contributed by atoms with Crippen LogP contribution in [0.3, 0.4) is 0 Å². The highest BCUT2D eigenvalue weighted by molar-refractivity contribution is 7.91. The van der Waals surface area contributed by atoms with Gasteiger partial charge in [-0.25, -0.2) is 23.2 Å². The van der Waals surface area contributed by atoms with Crippen LogP contribution in [0.5, 0.6) is 17.4 Å². The number of amides is 4. The molecule has 3 N–H and O–H groups in total. The molecule has 18 heteroatoms. The zero-order valence-electron chi connectivity index (χ0n) is 32.4. The molecule has 0 bridgehead atoms. The normalized spacial score (nSPS) is 27.1. The summed E-state index contributed by atoms with van der Waals surface area (Å²) in [7, 11) is -0.859. The van der Waals surface area contributed by atoms with Gasteiger partial charge in [0.2, 0.25) is 27.7 Å². The third kappa shape index (κ3) is 8.30. The molecule has 3 aliphatic carbocycles. The van der Waals surface area contributed by atoms with Crippen LogP contribution in [-0.4, -0.2) is 103 Å². The summed E-state index contributed by atoms with van der Waals surface area (Å²) in [6, 6.07) is 5.04. The van der Waals surface area contributed by atoms with E-state index in [2.05, 4.69) is 15.4 Å². The lowest BCUT2D eigenvalue weighted by atomic mass is 9.96. The van der Waals surface area contributed by atoms with Crippen molar-refractivity contribution < 1.29 is 46.5 Å². The van der Waals surface area contributed by atoms with Gasteiger partial charge in [-0.15, -0.1) is 11.3 Å². The summed E-state index contributed by atoms with van der Waals surface area (Å²) < 4.78 is 51.2. The molecule has 8 rings (SSSR count). The van der Waals surface area contributed by atoms with Gasteiger partial charge >= 0.3 is 6.09 Å². The quantitative estimate of drug-likeness (QED) is 0.244. The minimum Gasteiger partial charge on any atom is -0.493 e. The van der Waals surface area contributed by atoms with Crippen LogP contribution in [-0.2, 0) is 29.1 Å². The number of ether oxygens (including phenoxy) is 4. The average Bonchev–Trinajstić information content (AvgIpc) is 4.05. The number of methoxy groups -OCH3 is 2. The highest BCUT2D eigenvalue weighted by Crippen LogP contribution is 2.46. The number of aromatic nitrogens is 2. The number of sulfonamides is 1. The van der Waals surface area contributed by atoms with E-state index in [4.69, 9.17) is 28.9 Å². The molecule has 3 aromatic rings. The zero-order valence-corrected chi connectivity index (χ0v) is 34.1. The van der Waals surface area contributed by atoms with Crippen LogP contribution in [0.25, 0.3) is 21.6 Å². The van der Waals surface area contributed by atoms with Crippen molar-refractivity contribution in [1.29, 1.82) is 0 Å². The first-order valence-electron chi connectivity index (χ1n) is 19.9. The molecule has 3 saturated carbocycles. The van der Waals surface area contributed by atoms with Gasteiger partial charge < -0.3 is 34.5 Å². The molecule has 5 aliphatic rings. The minimum atomic E-state index is -3.91. The Morgan fingerprint density at radius 1 is 0.966 bits per heavy atom. The lowest BCUT2D eigenvalue weighted by molar-refractivity contribution is -0.141. The van der Waals surface area contributed by atoms with E-state index in [9.17, 15) is 27.6 Å². The first-order chi connectivity index (χ1) is 28.0. The number of carbonyl (C=O) groups excluding carboxylic acids is 4. The lowest BCUT2D eigenvalue weighted by Gasteiger charge is -2.31. The Morgan fingerprint density at radius 3 is 2.40 bits per heavy atom. The molecule has 4 heterocycles. The zero-order chi connectivity index (χ0) is 40.6. The Kier molecular flexibility index (Phi) is 11.2. The topological polar surface area (TPSA) is 204 Å². The van der Waals surface area contributed by atoms with Gasteiger partial charge in [0, 0.05) is 24.5 Å². The predicted molar refractivity (Wildman–Crippen MR) is 213 cm³/mol. The number of fused-ring (bicyclic) bond motifs is 3. The predicted octanol–water partition coefficient (Wildman–Crippen LogP) is 4.37. The lowest BCUT2D eigenvalue weighted by Crippen LogP contribution is -2.58. The molecule has 4 amide bonds. The molecule has 58 heavy (non-hydrogen) atoms. The molecule has 16 nitrogen and oxygen atoms in total. The molecular weight excluding hydrogens is 789 g/mol. The van der Waals surface area contributed by atoms with Crippen LogP contribution in [0, 0.1) is 5.92 Å². The van der Waals surface area contributed by atoms with E-state index in [1.165, 1.54) is 30.5 Å². The van der Waals surface area contributed by atoms with E-state index in [0.717, 1.165) is 37.0 Å². The Labute approximate surface area is 340 Å². The van der Waals surface area contributed by atoms with Crippen molar-refractivity contribution in [2.24, 2.45) is 5.92 Å². The van der Waals surface area contributed by atoms with E-state index in [-0.39, 0.29) is 31.4 Å². The summed E-state index contributed by atoms with van der Waals surface area (Å²) in [6.45, 7) is -0.0547. The summed E-state index contributed by atoms with van der Waals surface area (Å²) in [6.07, 6.45) is 8.95. The number of benzene rings is 1. The maximum absolute atomic E-state index is 14.6. The summed E-state index contributed by atoms with van der Waals surface area (Å²) in [5.41, 5.74) is -0.0756. The Bertz CT molecular complexity index is 2210. The molecule has 0 radical (unpaired) electrons. The standard InChI is InChI=1S/C40H48N6O10S2/c1-53-31-19-28-29(20-32(31)54-2)42-36(34(41-28)33-14-9-17-57-33)55-25-18-30-35(47)44-40(38(49)45-58(51,52)26-15-16-26)21-23(40)10-6-4-3-5-7-13-27(37(48)46(30)22-25)43-39(50)56-24-11-8-12-24/h6,9-10,14,17,19-20,23-27,30H,3-5,7-8,11-13,15-16,18,21-22H2,1-2H3,(H,43,50)(H,44,47)(H,45,49)/b10-6-/t23-,25-,27+,30+,40-/m1/s1.